The number of anilines is 1. The van der Waals surface area contributed by atoms with Gasteiger partial charge in [-0.05, 0) is 24.2 Å². The molecule has 1 fully saturated rings. The highest BCUT2D eigenvalue weighted by Crippen LogP contribution is 2.35. The number of nitrogen functional groups attached to an aromatic ring is 1. The van der Waals surface area contributed by atoms with E-state index in [0.29, 0.717) is 11.6 Å². The summed E-state index contributed by atoms with van der Waals surface area (Å²) >= 11 is 0. The molecular weight excluding hydrogens is 228 g/mol. The number of hydrogen-bond acceptors (Lipinski definition) is 4. The van der Waals surface area contributed by atoms with Crippen molar-refractivity contribution in [2.75, 3.05) is 12.3 Å². The Morgan fingerprint density at radius 2 is 2.22 bits per heavy atom. The fraction of sp³-hybridized carbons (Fsp3) is 0.769. The summed E-state index contributed by atoms with van der Waals surface area (Å²) in [6.07, 6.45) is 5.69. The van der Waals surface area contributed by atoms with Crippen LogP contribution in [0.5, 0.6) is 0 Å². The molecule has 0 spiro atoms. The Kier molecular flexibility index (Phi) is 3.64. The minimum Gasteiger partial charge on any atom is -0.396 e. The van der Waals surface area contributed by atoms with Gasteiger partial charge < -0.3 is 10.9 Å². The number of nitrogens with zero attached hydrogens (tertiary/aromatic N) is 3. The molecule has 2 rings (SSSR count). The lowest BCUT2D eigenvalue weighted by molar-refractivity contribution is -0.189. The quantitative estimate of drug-likeness (QED) is 0.844. The van der Waals surface area contributed by atoms with Crippen LogP contribution >= 0.6 is 0 Å². The third kappa shape index (κ3) is 2.84. The second kappa shape index (κ2) is 4.90. The van der Waals surface area contributed by atoms with Crippen LogP contribution in [0.1, 0.15) is 33.6 Å². The van der Waals surface area contributed by atoms with Crippen LogP contribution in [0, 0.1) is 11.3 Å². The minimum absolute atomic E-state index is 0.0541. The van der Waals surface area contributed by atoms with E-state index in [-0.39, 0.29) is 11.5 Å². The average molecular weight is 252 g/mol. The predicted octanol–water partition coefficient (Wildman–Crippen LogP) is 1.98. The summed E-state index contributed by atoms with van der Waals surface area (Å²) in [6, 6.07) is 0.164. The molecule has 2 heterocycles. The maximum atomic E-state index is 10.1. The van der Waals surface area contributed by atoms with Gasteiger partial charge in [0.25, 0.3) is 0 Å². The number of hydrogen-bond donors (Lipinski definition) is 2. The highest BCUT2D eigenvalue weighted by molar-refractivity contribution is 5.30. The van der Waals surface area contributed by atoms with Crippen LogP contribution in [0.2, 0.25) is 0 Å². The molecule has 1 aromatic heterocycles. The normalized spacial score (nSPS) is 26.4. The summed E-state index contributed by atoms with van der Waals surface area (Å²) in [5.41, 5.74) is 6.44. The van der Waals surface area contributed by atoms with Gasteiger partial charge in [0.15, 0.2) is 0 Å². The topological polar surface area (TPSA) is 67.3 Å². The number of nitrogens with two attached hydrogens (primary N) is 1. The molecule has 18 heavy (non-hydrogen) atoms. The third-order valence-electron chi connectivity index (χ3n) is 3.69. The molecule has 1 aromatic rings. The Labute approximate surface area is 109 Å². The zero-order valence-corrected chi connectivity index (χ0v) is 11.5. The first kappa shape index (κ1) is 13.4. The van der Waals surface area contributed by atoms with Crippen molar-refractivity contribution in [3.05, 3.63) is 12.4 Å². The van der Waals surface area contributed by atoms with Crippen molar-refractivity contribution in [1.29, 1.82) is 0 Å². The average Bonchev–Trinajstić information content (AvgIpc) is 2.62. The zero-order chi connectivity index (χ0) is 13.3. The van der Waals surface area contributed by atoms with Crippen LogP contribution in [-0.2, 0) is 6.54 Å². The van der Waals surface area contributed by atoms with Crippen molar-refractivity contribution in [2.45, 2.75) is 46.2 Å². The van der Waals surface area contributed by atoms with Crippen molar-refractivity contribution in [1.82, 2.24) is 14.8 Å². The van der Waals surface area contributed by atoms with Crippen molar-refractivity contribution >= 4 is 5.69 Å². The Bertz CT molecular complexity index is 396. The van der Waals surface area contributed by atoms with Gasteiger partial charge in [-0.15, -0.1) is 0 Å². The molecule has 5 heteroatoms. The second-order valence-electron chi connectivity index (χ2n) is 6.37. The number of hydroxylamine groups is 2. The molecule has 0 radical (unpaired) electrons. The molecule has 0 aromatic carbocycles. The summed E-state index contributed by atoms with van der Waals surface area (Å²) in [6.45, 7) is 8.11. The summed E-state index contributed by atoms with van der Waals surface area (Å²) in [7, 11) is 0. The van der Waals surface area contributed by atoms with Gasteiger partial charge in [-0.1, -0.05) is 20.8 Å². The van der Waals surface area contributed by atoms with Gasteiger partial charge in [-0.3, -0.25) is 4.68 Å². The van der Waals surface area contributed by atoms with Gasteiger partial charge in [0.05, 0.1) is 11.9 Å². The van der Waals surface area contributed by atoms with E-state index in [4.69, 9.17) is 5.73 Å². The van der Waals surface area contributed by atoms with E-state index in [1.807, 2.05) is 10.9 Å². The van der Waals surface area contributed by atoms with Crippen LogP contribution in [-0.4, -0.2) is 32.6 Å². The lowest BCUT2D eigenvalue weighted by atomic mass is 9.75. The fourth-order valence-corrected chi connectivity index (χ4v) is 3.12. The molecule has 0 saturated carbocycles. The molecule has 5 nitrogen and oxygen atoms in total. The monoisotopic (exact) mass is 252 g/mol. The summed E-state index contributed by atoms with van der Waals surface area (Å²) in [5, 5.41) is 15.9. The molecule has 2 unspecified atom stereocenters. The smallest absolute Gasteiger partial charge is 0.0719 e. The van der Waals surface area contributed by atoms with Crippen LogP contribution < -0.4 is 5.73 Å². The summed E-state index contributed by atoms with van der Waals surface area (Å²) < 4.78 is 1.89. The van der Waals surface area contributed by atoms with E-state index in [0.717, 1.165) is 25.9 Å². The first-order valence-corrected chi connectivity index (χ1v) is 6.61. The van der Waals surface area contributed by atoms with E-state index < -0.39 is 0 Å². The van der Waals surface area contributed by atoms with Gasteiger partial charge in [0, 0.05) is 25.3 Å². The van der Waals surface area contributed by atoms with E-state index >= 15 is 0 Å². The maximum Gasteiger partial charge on any atom is 0.0719 e. The molecule has 1 aliphatic rings. The first-order valence-electron chi connectivity index (χ1n) is 6.61. The van der Waals surface area contributed by atoms with Crippen LogP contribution in [0.25, 0.3) is 0 Å². The van der Waals surface area contributed by atoms with Crippen molar-refractivity contribution in [3.63, 3.8) is 0 Å². The van der Waals surface area contributed by atoms with E-state index in [1.165, 1.54) is 5.06 Å². The van der Waals surface area contributed by atoms with E-state index in [9.17, 15) is 5.21 Å². The molecule has 1 aliphatic heterocycles. The number of piperidine rings is 1. The van der Waals surface area contributed by atoms with E-state index in [2.05, 4.69) is 25.9 Å². The molecule has 0 aliphatic carbocycles. The largest absolute Gasteiger partial charge is 0.396 e. The fourth-order valence-electron chi connectivity index (χ4n) is 3.12. The van der Waals surface area contributed by atoms with Crippen LogP contribution in [0.3, 0.4) is 0 Å². The SMILES string of the molecule is CC(C)(C)C1C(Cn2cc(N)cn2)CCCN1O. The van der Waals surface area contributed by atoms with Crippen molar-refractivity contribution < 1.29 is 5.21 Å². The highest BCUT2D eigenvalue weighted by atomic mass is 16.5. The molecule has 2 atom stereocenters. The highest BCUT2D eigenvalue weighted by Gasteiger charge is 2.39. The lowest BCUT2D eigenvalue weighted by Gasteiger charge is -2.45. The Balaban J connectivity index is 2.13. The van der Waals surface area contributed by atoms with Crippen molar-refractivity contribution in [3.8, 4) is 0 Å². The minimum atomic E-state index is 0.0541. The predicted molar refractivity (Wildman–Crippen MR) is 71.1 cm³/mol. The maximum absolute atomic E-state index is 10.1. The van der Waals surface area contributed by atoms with Gasteiger partial charge in [-0.2, -0.15) is 10.2 Å². The Morgan fingerprint density at radius 3 is 2.78 bits per heavy atom. The molecule has 1 saturated heterocycles. The van der Waals surface area contributed by atoms with Crippen LogP contribution in [0.4, 0.5) is 5.69 Å². The summed E-state index contributed by atoms with van der Waals surface area (Å²) in [5.74, 6) is 0.406. The molecule has 102 valence electrons. The Hall–Kier alpha value is -1.07. The standard InChI is InChI=1S/C13H24N4O/c1-13(2,3)12-10(5-4-6-17(12)18)8-16-9-11(14)7-15-16/h7,9-10,12,18H,4-6,8,14H2,1-3H3. The van der Waals surface area contributed by atoms with Gasteiger partial charge in [-0.25, -0.2) is 0 Å². The van der Waals surface area contributed by atoms with Crippen molar-refractivity contribution in [2.24, 2.45) is 11.3 Å². The second-order valence-corrected chi connectivity index (χ2v) is 6.37. The van der Waals surface area contributed by atoms with Gasteiger partial charge >= 0.3 is 0 Å². The number of rotatable bonds is 2. The summed E-state index contributed by atoms with van der Waals surface area (Å²) in [4.78, 5) is 0. The lowest BCUT2D eigenvalue weighted by Crippen LogP contribution is -2.51. The van der Waals surface area contributed by atoms with Gasteiger partial charge in [0.2, 0.25) is 0 Å². The third-order valence-corrected chi connectivity index (χ3v) is 3.69. The molecule has 0 amide bonds. The first-order chi connectivity index (χ1) is 8.38. The van der Waals surface area contributed by atoms with Crippen LogP contribution in [0.15, 0.2) is 12.4 Å². The molecular formula is C13H24N4O. The number of aromatic nitrogens is 2. The van der Waals surface area contributed by atoms with E-state index in [1.54, 1.807) is 6.20 Å². The van der Waals surface area contributed by atoms with Gasteiger partial charge in [0.1, 0.15) is 0 Å². The zero-order valence-electron chi connectivity index (χ0n) is 11.5. The molecule has 0 bridgehead atoms. The Morgan fingerprint density at radius 1 is 1.50 bits per heavy atom. The molecule has 3 N–H and O–H groups in total.